The maximum Gasteiger partial charge on any atom is 0.264 e. The van der Waals surface area contributed by atoms with Gasteiger partial charge >= 0.3 is 0 Å². The van der Waals surface area contributed by atoms with Gasteiger partial charge in [0.25, 0.3) is 10.0 Å². The topological polar surface area (TPSA) is 75.7 Å². The van der Waals surface area contributed by atoms with Gasteiger partial charge in [-0.3, -0.25) is 9.10 Å². The van der Waals surface area contributed by atoms with Gasteiger partial charge in [-0.1, -0.05) is 49.7 Å². The summed E-state index contributed by atoms with van der Waals surface area (Å²) in [5.41, 5.74) is 3.55. The minimum atomic E-state index is -3.92. The Morgan fingerprint density at radius 1 is 0.941 bits per heavy atom. The maximum absolute atomic E-state index is 13.4. The molecule has 3 rings (SSSR count). The lowest BCUT2D eigenvalue weighted by atomic mass is 10.1. The Bertz CT molecular complexity index is 1170. The molecule has 0 aromatic heterocycles. The lowest BCUT2D eigenvalue weighted by molar-refractivity contribution is -0.119. The highest BCUT2D eigenvalue weighted by molar-refractivity contribution is 7.92. The molecule has 3 aromatic rings. The average molecular weight is 481 g/mol. The van der Waals surface area contributed by atoms with Crippen molar-refractivity contribution in [3.05, 3.63) is 89.5 Å². The molecule has 0 radical (unpaired) electrons. The number of aryl methyl sites for hydroxylation is 3. The van der Waals surface area contributed by atoms with Crippen molar-refractivity contribution in [3.63, 3.8) is 0 Å². The standard InChI is InChI=1S/C27H32N2O4S/c1-4-8-23-11-13-25(14-12-23)33-16-15-28-27(30)20-29(24-18-21(2)17-22(3)19-24)34(31,32)26-9-6-5-7-10-26/h5-7,9-14,17-19H,4,8,15-16,20H2,1-3H3,(H,28,30). The molecule has 0 spiro atoms. The van der Waals surface area contributed by atoms with E-state index in [2.05, 4.69) is 12.2 Å². The molecular weight excluding hydrogens is 448 g/mol. The summed E-state index contributed by atoms with van der Waals surface area (Å²) in [5, 5.41) is 2.77. The van der Waals surface area contributed by atoms with Crippen LogP contribution >= 0.6 is 0 Å². The number of ether oxygens (including phenoxy) is 1. The molecule has 6 nitrogen and oxygen atoms in total. The largest absolute Gasteiger partial charge is 0.492 e. The van der Waals surface area contributed by atoms with Crippen LogP contribution in [0.5, 0.6) is 5.75 Å². The van der Waals surface area contributed by atoms with Gasteiger partial charge < -0.3 is 10.1 Å². The molecule has 0 saturated carbocycles. The molecule has 7 heteroatoms. The third-order valence-electron chi connectivity index (χ3n) is 5.27. The highest BCUT2D eigenvalue weighted by Crippen LogP contribution is 2.25. The number of nitrogens with zero attached hydrogens (tertiary/aromatic N) is 1. The van der Waals surface area contributed by atoms with Crippen LogP contribution in [0.3, 0.4) is 0 Å². The van der Waals surface area contributed by atoms with Crippen molar-refractivity contribution in [2.75, 3.05) is 24.0 Å². The Kier molecular flexibility index (Phi) is 8.71. The third-order valence-corrected chi connectivity index (χ3v) is 7.06. The predicted molar refractivity (Wildman–Crippen MR) is 136 cm³/mol. The molecule has 0 saturated heterocycles. The molecule has 0 unspecified atom stereocenters. The van der Waals surface area contributed by atoms with E-state index in [9.17, 15) is 13.2 Å². The first-order valence-electron chi connectivity index (χ1n) is 11.4. The molecule has 3 aromatic carbocycles. The van der Waals surface area contributed by atoms with E-state index >= 15 is 0 Å². The van der Waals surface area contributed by atoms with Gasteiger partial charge in [-0.25, -0.2) is 8.42 Å². The fourth-order valence-corrected chi connectivity index (χ4v) is 5.14. The monoisotopic (exact) mass is 480 g/mol. The zero-order chi connectivity index (χ0) is 24.6. The summed E-state index contributed by atoms with van der Waals surface area (Å²) in [7, 11) is -3.92. The van der Waals surface area contributed by atoms with Crippen molar-refractivity contribution in [1.82, 2.24) is 5.32 Å². The number of hydrogen-bond acceptors (Lipinski definition) is 4. The molecule has 0 aliphatic carbocycles. The van der Waals surface area contributed by atoms with Crippen LogP contribution in [0.15, 0.2) is 77.7 Å². The molecule has 34 heavy (non-hydrogen) atoms. The van der Waals surface area contributed by atoms with E-state index in [1.54, 1.807) is 30.3 Å². The molecule has 0 fully saturated rings. The Balaban J connectivity index is 1.67. The Morgan fingerprint density at radius 3 is 2.21 bits per heavy atom. The van der Waals surface area contributed by atoms with Crippen molar-refractivity contribution in [2.24, 2.45) is 0 Å². The van der Waals surface area contributed by atoms with Crippen LogP contribution in [0.2, 0.25) is 0 Å². The second-order valence-corrected chi connectivity index (χ2v) is 10.1. The highest BCUT2D eigenvalue weighted by atomic mass is 32.2. The molecule has 0 bridgehead atoms. The minimum absolute atomic E-state index is 0.136. The SMILES string of the molecule is CCCc1ccc(OCCNC(=O)CN(c2cc(C)cc(C)c2)S(=O)(=O)c2ccccc2)cc1. The summed E-state index contributed by atoms with van der Waals surface area (Å²) in [6, 6.07) is 21.6. The Labute approximate surface area is 202 Å². The number of hydrogen-bond donors (Lipinski definition) is 1. The summed E-state index contributed by atoms with van der Waals surface area (Å²) >= 11 is 0. The van der Waals surface area contributed by atoms with Gasteiger partial charge in [-0.05, 0) is 73.4 Å². The first kappa shape index (κ1) is 25.3. The zero-order valence-electron chi connectivity index (χ0n) is 20.0. The number of rotatable bonds is 11. The second kappa shape index (κ2) is 11.7. The fraction of sp³-hybridized carbons (Fsp3) is 0.296. The van der Waals surface area contributed by atoms with Gasteiger partial charge in [0, 0.05) is 0 Å². The number of carbonyl (C=O) groups is 1. The summed E-state index contributed by atoms with van der Waals surface area (Å²) in [6.07, 6.45) is 2.12. The molecule has 0 aliphatic heterocycles. The number of sulfonamides is 1. The Morgan fingerprint density at radius 2 is 1.59 bits per heavy atom. The molecule has 0 aliphatic rings. The van der Waals surface area contributed by atoms with Gasteiger partial charge in [0.1, 0.15) is 18.9 Å². The summed E-state index contributed by atoms with van der Waals surface area (Å²) in [5.74, 6) is 0.332. The van der Waals surface area contributed by atoms with Crippen molar-refractivity contribution >= 4 is 21.6 Å². The summed E-state index contributed by atoms with van der Waals surface area (Å²) in [4.78, 5) is 12.9. The minimum Gasteiger partial charge on any atom is -0.492 e. The molecular formula is C27H32N2O4S. The van der Waals surface area contributed by atoms with Crippen LogP contribution in [0.1, 0.15) is 30.0 Å². The number of carbonyl (C=O) groups excluding carboxylic acids is 1. The van der Waals surface area contributed by atoms with E-state index in [1.807, 2.05) is 44.2 Å². The Hall–Kier alpha value is -3.32. The van der Waals surface area contributed by atoms with Gasteiger partial charge in [0.05, 0.1) is 17.1 Å². The fourth-order valence-electron chi connectivity index (χ4n) is 3.72. The van der Waals surface area contributed by atoms with E-state index in [-0.39, 0.29) is 24.6 Å². The van der Waals surface area contributed by atoms with E-state index in [1.165, 1.54) is 17.7 Å². The van der Waals surface area contributed by atoms with Gasteiger partial charge in [-0.2, -0.15) is 0 Å². The molecule has 0 heterocycles. The predicted octanol–water partition coefficient (Wildman–Crippen LogP) is 4.65. The first-order valence-corrected chi connectivity index (χ1v) is 12.9. The van der Waals surface area contributed by atoms with Gasteiger partial charge in [0.2, 0.25) is 5.91 Å². The van der Waals surface area contributed by atoms with Gasteiger partial charge in [-0.15, -0.1) is 0 Å². The zero-order valence-corrected chi connectivity index (χ0v) is 20.8. The normalized spacial score (nSPS) is 11.1. The van der Waals surface area contributed by atoms with Crippen molar-refractivity contribution in [3.8, 4) is 5.75 Å². The number of benzene rings is 3. The summed E-state index contributed by atoms with van der Waals surface area (Å²) < 4.78 is 33.7. The molecule has 1 amide bonds. The average Bonchev–Trinajstić information content (AvgIpc) is 2.81. The second-order valence-electron chi connectivity index (χ2n) is 8.26. The number of anilines is 1. The van der Waals surface area contributed by atoms with E-state index in [0.29, 0.717) is 5.69 Å². The number of amides is 1. The van der Waals surface area contributed by atoms with Crippen LogP contribution < -0.4 is 14.4 Å². The quantitative estimate of drug-likeness (QED) is 0.406. The van der Waals surface area contributed by atoms with Crippen LogP contribution in [-0.4, -0.2) is 34.0 Å². The van der Waals surface area contributed by atoms with Crippen molar-refractivity contribution < 1.29 is 17.9 Å². The highest BCUT2D eigenvalue weighted by Gasteiger charge is 2.27. The van der Waals surface area contributed by atoms with Crippen LogP contribution in [0.25, 0.3) is 0 Å². The van der Waals surface area contributed by atoms with Crippen molar-refractivity contribution in [1.29, 1.82) is 0 Å². The van der Waals surface area contributed by atoms with Crippen LogP contribution in [-0.2, 0) is 21.2 Å². The first-order chi connectivity index (χ1) is 16.3. The number of nitrogens with one attached hydrogen (secondary N) is 1. The third kappa shape index (κ3) is 6.84. The van der Waals surface area contributed by atoms with E-state index < -0.39 is 15.9 Å². The molecule has 0 atom stereocenters. The molecule has 1 N–H and O–H groups in total. The lowest BCUT2D eigenvalue weighted by Crippen LogP contribution is -2.42. The molecule has 180 valence electrons. The van der Waals surface area contributed by atoms with E-state index in [0.717, 1.165) is 34.0 Å². The summed E-state index contributed by atoms with van der Waals surface area (Å²) in [6.45, 7) is 6.16. The van der Waals surface area contributed by atoms with Crippen LogP contribution in [0.4, 0.5) is 5.69 Å². The maximum atomic E-state index is 13.4. The lowest BCUT2D eigenvalue weighted by Gasteiger charge is -2.25. The van der Waals surface area contributed by atoms with Crippen LogP contribution in [0, 0.1) is 13.8 Å². The van der Waals surface area contributed by atoms with E-state index in [4.69, 9.17) is 4.74 Å². The van der Waals surface area contributed by atoms with Gasteiger partial charge in [0.15, 0.2) is 0 Å². The van der Waals surface area contributed by atoms with Crippen molar-refractivity contribution in [2.45, 2.75) is 38.5 Å². The smallest absolute Gasteiger partial charge is 0.264 e.